The van der Waals surface area contributed by atoms with Crippen molar-refractivity contribution in [3.63, 3.8) is 0 Å². The van der Waals surface area contributed by atoms with E-state index in [1.807, 2.05) is 6.92 Å². The van der Waals surface area contributed by atoms with Crippen molar-refractivity contribution >= 4 is 16.0 Å². The van der Waals surface area contributed by atoms with Gasteiger partial charge in [0, 0.05) is 12.6 Å². The predicted molar refractivity (Wildman–Crippen MR) is 62.4 cm³/mol. The van der Waals surface area contributed by atoms with Crippen LogP contribution in [-0.4, -0.2) is 35.3 Å². The lowest BCUT2D eigenvalue weighted by Crippen LogP contribution is -2.33. The summed E-state index contributed by atoms with van der Waals surface area (Å²) in [6.07, 6.45) is 4.39. The molecule has 1 aliphatic rings. The average molecular weight is 257 g/mol. The number of hydrogen-bond acceptors (Lipinski definition) is 6. The molecule has 1 saturated carbocycles. The number of nitrogen functional groups attached to an aromatic ring is 1. The molecule has 8 heteroatoms. The second kappa shape index (κ2) is 4.55. The summed E-state index contributed by atoms with van der Waals surface area (Å²) in [6, 6.07) is 0.136. The Labute approximate surface area is 100 Å². The molecule has 1 heterocycles. The summed E-state index contributed by atoms with van der Waals surface area (Å²) in [7, 11) is -3.47. The first-order valence-corrected chi connectivity index (χ1v) is 6.84. The van der Waals surface area contributed by atoms with Gasteiger partial charge in [-0.05, 0) is 12.8 Å². The molecule has 0 atom stereocenters. The Kier molecular flexibility index (Phi) is 3.27. The van der Waals surface area contributed by atoms with Crippen molar-refractivity contribution in [2.75, 3.05) is 12.0 Å². The minimum absolute atomic E-state index is 0.102. The maximum Gasteiger partial charge on any atom is 0.246 e. The number of hydrogen-bond donors (Lipinski definition) is 2. The highest BCUT2D eigenvalue weighted by Crippen LogP contribution is 2.31. The molecule has 0 spiro atoms. The van der Waals surface area contributed by atoms with Gasteiger partial charge in [0.15, 0.2) is 0 Å². The van der Waals surface area contributed by atoms with E-state index in [2.05, 4.69) is 15.4 Å². The molecule has 0 saturated heterocycles. The van der Waals surface area contributed by atoms with Crippen LogP contribution >= 0.6 is 0 Å². The molecular weight excluding hydrogens is 242 g/mol. The molecule has 94 valence electrons. The number of sulfonamides is 1. The third kappa shape index (κ3) is 2.38. The van der Waals surface area contributed by atoms with Gasteiger partial charge in [-0.2, -0.15) is 4.31 Å². The largest absolute Gasteiger partial charge is 0.292 e. The number of hydrazine groups is 1. The highest BCUT2D eigenvalue weighted by Gasteiger charge is 2.37. The first-order valence-electron chi connectivity index (χ1n) is 5.40. The average Bonchev–Trinajstić information content (AvgIpc) is 3.14. The number of nitrogens with zero attached hydrogens (tertiary/aromatic N) is 3. The zero-order valence-electron chi connectivity index (χ0n) is 9.50. The van der Waals surface area contributed by atoms with E-state index in [1.165, 1.54) is 16.7 Å². The molecule has 7 nitrogen and oxygen atoms in total. The number of aromatic nitrogens is 2. The molecule has 1 aromatic rings. The number of anilines is 1. The first kappa shape index (κ1) is 12.2. The Morgan fingerprint density at radius 2 is 2.06 bits per heavy atom. The van der Waals surface area contributed by atoms with Crippen molar-refractivity contribution in [1.29, 1.82) is 0 Å². The Morgan fingerprint density at radius 3 is 2.47 bits per heavy atom. The molecule has 0 aromatic carbocycles. The summed E-state index contributed by atoms with van der Waals surface area (Å²) >= 11 is 0. The van der Waals surface area contributed by atoms with Crippen LogP contribution in [0, 0.1) is 0 Å². The minimum Gasteiger partial charge on any atom is -0.292 e. The molecule has 0 unspecified atom stereocenters. The number of rotatable bonds is 5. The highest BCUT2D eigenvalue weighted by molar-refractivity contribution is 7.89. The zero-order chi connectivity index (χ0) is 12.5. The summed E-state index contributed by atoms with van der Waals surface area (Å²) in [5.74, 6) is 5.31. The van der Waals surface area contributed by atoms with Gasteiger partial charge < -0.3 is 0 Å². The van der Waals surface area contributed by atoms with E-state index in [0.29, 0.717) is 6.54 Å². The lowest BCUT2D eigenvalue weighted by atomic mass is 10.6. The van der Waals surface area contributed by atoms with Gasteiger partial charge in [-0.1, -0.05) is 6.92 Å². The van der Waals surface area contributed by atoms with Gasteiger partial charge in [-0.25, -0.2) is 24.2 Å². The van der Waals surface area contributed by atoms with Crippen LogP contribution in [0.5, 0.6) is 0 Å². The molecular formula is C9H15N5O2S. The van der Waals surface area contributed by atoms with E-state index in [4.69, 9.17) is 5.84 Å². The molecule has 2 rings (SSSR count). The van der Waals surface area contributed by atoms with Crippen molar-refractivity contribution in [2.45, 2.75) is 30.7 Å². The van der Waals surface area contributed by atoms with Crippen molar-refractivity contribution in [1.82, 2.24) is 14.3 Å². The monoisotopic (exact) mass is 257 g/mol. The lowest BCUT2D eigenvalue weighted by molar-refractivity contribution is 0.420. The summed E-state index contributed by atoms with van der Waals surface area (Å²) in [4.78, 5) is 7.72. The third-order valence-corrected chi connectivity index (χ3v) is 4.61. The number of nitrogens with one attached hydrogen (secondary N) is 1. The fourth-order valence-electron chi connectivity index (χ4n) is 1.65. The third-order valence-electron chi connectivity index (χ3n) is 2.63. The van der Waals surface area contributed by atoms with E-state index in [-0.39, 0.29) is 16.9 Å². The molecule has 1 aliphatic carbocycles. The zero-order valence-corrected chi connectivity index (χ0v) is 10.3. The van der Waals surface area contributed by atoms with E-state index in [1.54, 1.807) is 0 Å². The SMILES string of the molecule is CCN(C1CC1)S(=O)(=O)c1cnc(NN)nc1. The van der Waals surface area contributed by atoms with Crippen LogP contribution < -0.4 is 11.3 Å². The molecule has 0 amide bonds. The molecule has 0 radical (unpaired) electrons. The van der Waals surface area contributed by atoms with Crippen molar-refractivity contribution in [3.8, 4) is 0 Å². The fourth-order valence-corrected chi connectivity index (χ4v) is 3.23. The normalized spacial score (nSPS) is 16.2. The van der Waals surface area contributed by atoms with Crippen LogP contribution in [0.1, 0.15) is 19.8 Å². The maximum atomic E-state index is 12.2. The minimum atomic E-state index is -3.47. The standard InChI is InChI=1S/C9H15N5O2S/c1-2-14(7-3-4-7)17(15,16)8-5-11-9(13-10)12-6-8/h5-7H,2-4,10H2,1H3,(H,11,12,13). The van der Waals surface area contributed by atoms with Crippen LogP contribution in [0.4, 0.5) is 5.95 Å². The molecule has 0 aliphatic heterocycles. The van der Waals surface area contributed by atoms with E-state index in [0.717, 1.165) is 12.8 Å². The summed E-state index contributed by atoms with van der Waals surface area (Å²) in [5, 5.41) is 0. The molecule has 1 aromatic heterocycles. The van der Waals surface area contributed by atoms with Gasteiger partial charge in [-0.15, -0.1) is 0 Å². The van der Waals surface area contributed by atoms with Crippen molar-refractivity contribution in [3.05, 3.63) is 12.4 Å². The van der Waals surface area contributed by atoms with Gasteiger partial charge in [0.05, 0.1) is 12.4 Å². The highest BCUT2D eigenvalue weighted by atomic mass is 32.2. The summed E-state index contributed by atoms with van der Waals surface area (Å²) < 4.78 is 26.0. The maximum absolute atomic E-state index is 12.2. The summed E-state index contributed by atoms with van der Waals surface area (Å²) in [6.45, 7) is 2.29. The van der Waals surface area contributed by atoms with E-state index >= 15 is 0 Å². The van der Waals surface area contributed by atoms with Gasteiger partial charge in [0.2, 0.25) is 16.0 Å². The van der Waals surface area contributed by atoms with Gasteiger partial charge in [-0.3, -0.25) is 5.43 Å². The molecule has 1 fully saturated rings. The second-order valence-corrected chi connectivity index (χ2v) is 5.72. The predicted octanol–water partition coefficient (Wildman–Crippen LogP) is -0.0648. The molecule has 3 N–H and O–H groups in total. The summed E-state index contributed by atoms with van der Waals surface area (Å²) in [5.41, 5.74) is 2.25. The smallest absolute Gasteiger partial charge is 0.246 e. The van der Waals surface area contributed by atoms with E-state index in [9.17, 15) is 8.42 Å². The van der Waals surface area contributed by atoms with Crippen molar-refractivity contribution < 1.29 is 8.42 Å². The topological polar surface area (TPSA) is 101 Å². The van der Waals surface area contributed by atoms with E-state index < -0.39 is 10.0 Å². The van der Waals surface area contributed by atoms with Crippen molar-refractivity contribution in [2.24, 2.45) is 5.84 Å². The Hall–Kier alpha value is -1.25. The quantitative estimate of drug-likeness (QED) is 0.566. The lowest BCUT2D eigenvalue weighted by Gasteiger charge is -2.19. The van der Waals surface area contributed by atoms with Gasteiger partial charge in [0.25, 0.3) is 0 Å². The Morgan fingerprint density at radius 1 is 1.47 bits per heavy atom. The Balaban J connectivity index is 2.29. The van der Waals surface area contributed by atoms with Crippen LogP contribution in [0.2, 0.25) is 0 Å². The fraction of sp³-hybridized carbons (Fsp3) is 0.556. The first-order chi connectivity index (χ1) is 8.09. The second-order valence-electron chi connectivity index (χ2n) is 3.83. The molecule has 0 bridgehead atoms. The van der Waals surface area contributed by atoms with Crippen LogP contribution in [0.25, 0.3) is 0 Å². The van der Waals surface area contributed by atoms with Crippen LogP contribution in [0.3, 0.4) is 0 Å². The number of nitrogens with two attached hydrogens (primary N) is 1. The Bertz CT molecular complexity index is 483. The van der Waals surface area contributed by atoms with Crippen LogP contribution in [-0.2, 0) is 10.0 Å². The molecule has 17 heavy (non-hydrogen) atoms. The van der Waals surface area contributed by atoms with Gasteiger partial charge in [0.1, 0.15) is 4.90 Å². The van der Waals surface area contributed by atoms with Gasteiger partial charge >= 0.3 is 0 Å². The van der Waals surface area contributed by atoms with Crippen LogP contribution in [0.15, 0.2) is 17.3 Å².